The molecule has 0 fully saturated rings. The zero-order chi connectivity index (χ0) is 31.5. The normalized spacial score (nSPS) is 10.3. The summed E-state index contributed by atoms with van der Waals surface area (Å²) in [5.41, 5.74) is 12.2. The molecule has 0 atom stereocenters. The van der Waals surface area contributed by atoms with Gasteiger partial charge < -0.3 is 0 Å². The second-order valence-corrected chi connectivity index (χ2v) is 16.0. The molecule has 0 heterocycles. The van der Waals surface area contributed by atoms with Gasteiger partial charge in [-0.2, -0.15) is 12.1 Å². The molecule has 4 heteroatoms. The van der Waals surface area contributed by atoms with Crippen molar-refractivity contribution >= 4 is 48.1 Å². The van der Waals surface area contributed by atoms with Gasteiger partial charge in [-0.15, -0.1) is 68.6 Å². The molecule has 0 unspecified atom stereocenters. The second kappa shape index (κ2) is 17.3. The van der Waals surface area contributed by atoms with Crippen LogP contribution in [0.15, 0.2) is 103 Å². The van der Waals surface area contributed by atoms with Crippen molar-refractivity contribution in [3.63, 3.8) is 0 Å². The molecule has 6 aromatic carbocycles. The Bertz CT molecular complexity index is 1730. The standard InChI is InChI=1S/C19H19.C18H17.C2H6Si.2ClH.Zr/c1-12-10-18-14(3)8-9-17(19(18)11-12)16-7-5-6-13(2)15(16)4;1-13(2)16-11-15-9-6-10-17(18(15)12-16)14-7-4-3-5-8-14;1-3-2;;;/h5-11H,1-4H3;3-13H,1-2H3;1-2H3;2*1H;/q2*-1;;;;+4/p-2. The Hall–Kier alpha value is -2.22. The summed E-state index contributed by atoms with van der Waals surface area (Å²) >= 11 is -0.826. The van der Waals surface area contributed by atoms with E-state index in [-0.39, 0.29) is 0 Å². The van der Waals surface area contributed by atoms with Crippen LogP contribution in [-0.2, 0) is 20.8 Å². The Morgan fingerprint density at radius 3 is 1.93 bits per heavy atom. The van der Waals surface area contributed by atoms with Crippen molar-refractivity contribution in [2.75, 3.05) is 0 Å². The summed E-state index contributed by atoms with van der Waals surface area (Å²) in [5, 5.41) is 5.48. The third-order valence-corrected chi connectivity index (χ3v) is 7.67. The van der Waals surface area contributed by atoms with E-state index in [0.29, 0.717) is 5.92 Å². The van der Waals surface area contributed by atoms with Crippen LogP contribution in [0.5, 0.6) is 0 Å². The molecule has 43 heavy (non-hydrogen) atoms. The average Bonchev–Trinajstić information content (AvgIpc) is 3.61. The molecule has 0 saturated carbocycles. The molecular weight excluding hydrogens is 659 g/mol. The Labute approximate surface area is 280 Å². The van der Waals surface area contributed by atoms with Crippen molar-refractivity contribution < 1.29 is 20.8 Å². The second-order valence-electron chi connectivity index (χ2n) is 11.2. The van der Waals surface area contributed by atoms with Gasteiger partial charge in [0, 0.05) is 9.52 Å². The van der Waals surface area contributed by atoms with Crippen LogP contribution in [0.25, 0.3) is 43.8 Å². The first kappa shape index (κ1) is 35.3. The first-order valence-corrected chi connectivity index (χ1v) is 23.0. The van der Waals surface area contributed by atoms with Crippen molar-refractivity contribution in [2.45, 2.75) is 60.6 Å². The molecule has 0 aliphatic heterocycles. The van der Waals surface area contributed by atoms with Gasteiger partial charge in [-0.25, -0.2) is 0 Å². The van der Waals surface area contributed by atoms with Crippen LogP contribution in [0, 0.1) is 27.7 Å². The first-order chi connectivity index (χ1) is 20.7. The van der Waals surface area contributed by atoms with E-state index in [4.69, 9.17) is 17.0 Å². The number of benzene rings is 4. The number of hydrogen-bond acceptors (Lipinski definition) is 0. The summed E-state index contributed by atoms with van der Waals surface area (Å²) in [5.74, 6) is 0.584. The summed E-state index contributed by atoms with van der Waals surface area (Å²) in [7, 11) is 11.0. The third-order valence-electron chi connectivity index (χ3n) is 7.67. The quantitative estimate of drug-likeness (QED) is 0.127. The molecule has 0 bridgehead atoms. The van der Waals surface area contributed by atoms with Crippen molar-refractivity contribution in [1.29, 1.82) is 0 Å². The van der Waals surface area contributed by atoms with Gasteiger partial charge in [0.05, 0.1) is 0 Å². The van der Waals surface area contributed by atoms with E-state index in [1.807, 2.05) is 0 Å². The summed E-state index contributed by atoms with van der Waals surface area (Å²) in [6.07, 6.45) is 0. The average molecular weight is 701 g/mol. The molecule has 0 N–H and O–H groups in total. The van der Waals surface area contributed by atoms with Gasteiger partial charge in [-0.05, 0) is 42.0 Å². The van der Waals surface area contributed by atoms with Crippen LogP contribution in [0.2, 0.25) is 13.1 Å². The van der Waals surface area contributed by atoms with E-state index in [0.717, 1.165) is 9.52 Å². The summed E-state index contributed by atoms with van der Waals surface area (Å²) in [4.78, 5) is 0. The number of fused-ring (bicyclic) bond motifs is 2. The summed E-state index contributed by atoms with van der Waals surface area (Å²) in [6, 6.07) is 37.5. The molecule has 0 aromatic heterocycles. The monoisotopic (exact) mass is 698 g/mol. The molecule has 6 rings (SSSR count). The van der Waals surface area contributed by atoms with Gasteiger partial charge in [-0.1, -0.05) is 113 Å². The molecule has 6 aromatic rings. The molecule has 220 valence electrons. The Morgan fingerprint density at radius 2 is 1.28 bits per heavy atom. The SMILES string of the molecule is CC(C)c1cc2c(-c3ccccc3)cccc2[cH-]1.C[Si]C.Cc1cc2c(-c3cccc(C)c3C)ccc(C)c2[cH-]1.[Cl][Zr+2][Cl]. The van der Waals surface area contributed by atoms with Crippen molar-refractivity contribution in [3.05, 3.63) is 131 Å². The molecular formula is C39H42Cl2SiZr. The zero-order valence-electron chi connectivity index (χ0n) is 26.6. The number of rotatable bonds is 3. The number of halogens is 2. The van der Waals surface area contributed by atoms with Crippen molar-refractivity contribution in [1.82, 2.24) is 0 Å². The molecule has 0 nitrogen and oxygen atoms in total. The maximum absolute atomic E-state index is 4.93. The van der Waals surface area contributed by atoms with Crippen LogP contribution >= 0.6 is 17.0 Å². The molecule has 0 spiro atoms. The minimum atomic E-state index is -0.826. The van der Waals surface area contributed by atoms with Crippen LogP contribution in [0.3, 0.4) is 0 Å². The van der Waals surface area contributed by atoms with Crippen molar-refractivity contribution in [3.8, 4) is 22.3 Å². The molecule has 0 saturated heterocycles. The van der Waals surface area contributed by atoms with Gasteiger partial charge in [-0.3, -0.25) is 0 Å². The predicted molar refractivity (Wildman–Crippen MR) is 192 cm³/mol. The Morgan fingerprint density at radius 1 is 0.651 bits per heavy atom. The van der Waals surface area contributed by atoms with Gasteiger partial charge >= 0.3 is 37.9 Å². The Balaban J connectivity index is 0.000000200. The minimum absolute atomic E-state index is 0.584. The van der Waals surface area contributed by atoms with Crippen molar-refractivity contribution in [2.24, 2.45) is 0 Å². The fourth-order valence-corrected chi connectivity index (χ4v) is 5.33. The van der Waals surface area contributed by atoms with E-state index in [1.165, 1.54) is 71.6 Å². The van der Waals surface area contributed by atoms with E-state index >= 15 is 0 Å². The fourth-order valence-electron chi connectivity index (χ4n) is 5.33. The van der Waals surface area contributed by atoms with E-state index < -0.39 is 20.8 Å². The molecule has 2 radical (unpaired) electrons. The zero-order valence-corrected chi connectivity index (χ0v) is 31.6. The van der Waals surface area contributed by atoms with Gasteiger partial charge in [0.25, 0.3) is 0 Å². The van der Waals surface area contributed by atoms with Crippen LogP contribution in [-0.4, -0.2) is 9.52 Å². The number of hydrogen-bond donors (Lipinski definition) is 0. The molecule has 0 aliphatic carbocycles. The van der Waals surface area contributed by atoms with E-state index in [2.05, 4.69) is 158 Å². The van der Waals surface area contributed by atoms with Gasteiger partial charge in [0.1, 0.15) is 0 Å². The van der Waals surface area contributed by atoms with Crippen LogP contribution in [0.4, 0.5) is 0 Å². The third kappa shape index (κ3) is 9.15. The van der Waals surface area contributed by atoms with Crippen LogP contribution in [0.1, 0.15) is 47.6 Å². The Kier molecular flexibility index (Phi) is 14.2. The summed E-state index contributed by atoms with van der Waals surface area (Å²) < 4.78 is 0. The maximum atomic E-state index is 4.93. The van der Waals surface area contributed by atoms with Gasteiger partial charge in [0.15, 0.2) is 0 Å². The van der Waals surface area contributed by atoms with E-state index in [9.17, 15) is 0 Å². The molecule has 0 aliphatic rings. The topological polar surface area (TPSA) is 0 Å². The molecule has 0 amide bonds. The van der Waals surface area contributed by atoms with Gasteiger partial charge in [0.2, 0.25) is 0 Å². The predicted octanol–water partition coefficient (Wildman–Crippen LogP) is 13.0. The van der Waals surface area contributed by atoms with Crippen LogP contribution < -0.4 is 0 Å². The van der Waals surface area contributed by atoms with E-state index in [1.54, 1.807) is 0 Å². The fraction of sp³-hybridized carbons (Fsp3) is 0.231. The first-order valence-electron chi connectivity index (χ1n) is 14.7. The summed E-state index contributed by atoms with van der Waals surface area (Å²) in [6.45, 7) is 17.6. The number of aryl methyl sites for hydroxylation is 3.